The Balaban J connectivity index is 1.68. The van der Waals surface area contributed by atoms with Crippen LogP contribution in [-0.2, 0) is 9.59 Å². The van der Waals surface area contributed by atoms with Gasteiger partial charge in [0.05, 0.1) is 27.2 Å². The summed E-state index contributed by atoms with van der Waals surface area (Å²) in [7, 11) is 0. The van der Waals surface area contributed by atoms with Crippen molar-refractivity contribution < 1.29 is 9.59 Å². The summed E-state index contributed by atoms with van der Waals surface area (Å²) in [6, 6.07) is 12.6. The summed E-state index contributed by atoms with van der Waals surface area (Å²) in [6.45, 7) is 0.676. The highest BCUT2D eigenvalue weighted by molar-refractivity contribution is 8.00. The lowest BCUT2D eigenvalue weighted by atomic mass is 10.2. The number of hydrogen-bond donors (Lipinski definition) is 1. The number of thioether (sulfide) groups is 1. The van der Waals surface area contributed by atoms with Crippen LogP contribution in [-0.4, -0.2) is 24.1 Å². The number of hydrogen-bond acceptors (Lipinski definition) is 3. The van der Waals surface area contributed by atoms with Gasteiger partial charge in [-0.2, -0.15) is 0 Å². The highest BCUT2D eigenvalue weighted by Crippen LogP contribution is 2.34. The van der Waals surface area contributed by atoms with Crippen LogP contribution in [0.3, 0.4) is 0 Å². The van der Waals surface area contributed by atoms with Gasteiger partial charge >= 0.3 is 0 Å². The second-order valence-electron chi connectivity index (χ2n) is 5.55. The van der Waals surface area contributed by atoms with Gasteiger partial charge in [0.25, 0.3) is 0 Å². The van der Waals surface area contributed by atoms with E-state index in [0.29, 0.717) is 33.6 Å². The molecule has 1 saturated heterocycles. The van der Waals surface area contributed by atoms with Crippen LogP contribution in [0, 0.1) is 0 Å². The molecule has 1 fully saturated rings. The van der Waals surface area contributed by atoms with Crippen LogP contribution in [0.1, 0.15) is 12.8 Å². The van der Waals surface area contributed by atoms with Gasteiger partial charge in [-0.15, -0.1) is 11.8 Å². The molecule has 2 amide bonds. The molecule has 1 aliphatic heterocycles. The molecule has 2 aromatic carbocycles. The standard InChI is InChI=1S/C18H16Cl2N2O2S/c19-12-5-3-6-13(20)18(12)25-11-16(23)21-14-7-1-2-8-15(14)22-10-4-9-17(22)24/h1-3,5-8H,4,9-11H2,(H,21,23). The Morgan fingerprint density at radius 2 is 1.84 bits per heavy atom. The molecular weight excluding hydrogens is 379 g/mol. The predicted molar refractivity (Wildman–Crippen MR) is 104 cm³/mol. The van der Waals surface area contributed by atoms with E-state index in [0.717, 1.165) is 12.1 Å². The zero-order valence-electron chi connectivity index (χ0n) is 13.3. The Morgan fingerprint density at radius 3 is 2.52 bits per heavy atom. The Labute approximate surface area is 160 Å². The third kappa shape index (κ3) is 4.29. The van der Waals surface area contributed by atoms with E-state index in [9.17, 15) is 9.59 Å². The third-order valence-corrected chi connectivity index (χ3v) is 5.80. The predicted octanol–water partition coefficient (Wildman–Crippen LogP) is 4.85. The van der Waals surface area contributed by atoms with Gasteiger partial charge in [0.15, 0.2) is 0 Å². The number of amides is 2. The smallest absolute Gasteiger partial charge is 0.234 e. The summed E-state index contributed by atoms with van der Waals surface area (Å²) in [5, 5.41) is 3.92. The summed E-state index contributed by atoms with van der Waals surface area (Å²) in [5.74, 6) is 0.0742. The first kappa shape index (κ1) is 18.1. The number of carbonyl (C=O) groups is 2. The Bertz CT molecular complexity index is 793. The molecule has 0 saturated carbocycles. The van der Waals surface area contributed by atoms with E-state index in [-0.39, 0.29) is 17.6 Å². The first-order valence-corrected chi connectivity index (χ1v) is 9.56. The number of nitrogens with one attached hydrogen (secondary N) is 1. The molecule has 2 aromatic rings. The molecule has 0 spiro atoms. The van der Waals surface area contributed by atoms with Crippen LogP contribution in [0.4, 0.5) is 11.4 Å². The van der Waals surface area contributed by atoms with Crippen molar-refractivity contribution in [3.8, 4) is 0 Å². The molecule has 130 valence electrons. The van der Waals surface area contributed by atoms with Crippen molar-refractivity contribution in [1.29, 1.82) is 0 Å². The molecule has 0 atom stereocenters. The maximum absolute atomic E-state index is 12.3. The molecule has 1 aliphatic rings. The monoisotopic (exact) mass is 394 g/mol. The molecule has 0 bridgehead atoms. The molecule has 4 nitrogen and oxygen atoms in total. The van der Waals surface area contributed by atoms with Crippen molar-refractivity contribution >= 4 is 58.2 Å². The Hall–Kier alpha value is -1.69. The van der Waals surface area contributed by atoms with Crippen molar-refractivity contribution in [2.75, 3.05) is 22.5 Å². The van der Waals surface area contributed by atoms with Gasteiger partial charge in [-0.3, -0.25) is 9.59 Å². The largest absolute Gasteiger partial charge is 0.324 e. The number of rotatable bonds is 5. The summed E-state index contributed by atoms with van der Waals surface area (Å²) in [6.07, 6.45) is 1.38. The molecule has 1 heterocycles. The topological polar surface area (TPSA) is 49.4 Å². The van der Waals surface area contributed by atoms with Crippen molar-refractivity contribution in [2.24, 2.45) is 0 Å². The maximum Gasteiger partial charge on any atom is 0.234 e. The van der Waals surface area contributed by atoms with Crippen molar-refractivity contribution in [2.45, 2.75) is 17.7 Å². The van der Waals surface area contributed by atoms with E-state index < -0.39 is 0 Å². The summed E-state index contributed by atoms with van der Waals surface area (Å²) in [5.41, 5.74) is 1.37. The van der Waals surface area contributed by atoms with Crippen LogP contribution in [0.2, 0.25) is 10.0 Å². The third-order valence-electron chi connectivity index (χ3n) is 3.81. The quantitative estimate of drug-likeness (QED) is 0.737. The zero-order valence-corrected chi connectivity index (χ0v) is 15.6. The van der Waals surface area contributed by atoms with Crippen LogP contribution in [0.5, 0.6) is 0 Å². The molecule has 0 aliphatic carbocycles. The van der Waals surface area contributed by atoms with Gasteiger partial charge in [0, 0.05) is 17.9 Å². The van der Waals surface area contributed by atoms with Crippen LogP contribution < -0.4 is 10.2 Å². The van der Waals surface area contributed by atoms with Crippen molar-refractivity contribution in [1.82, 2.24) is 0 Å². The molecule has 0 aromatic heterocycles. The minimum atomic E-state index is -0.180. The first-order chi connectivity index (χ1) is 12.1. The number of carbonyl (C=O) groups excluding carboxylic acids is 2. The van der Waals surface area contributed by atoms with Gasteiger partial charge in [-0.1, -0.05) is 41.4 Å². The lowest BCUT2D eigenvalue weighted by Gasteiger charge is -2.20. The second-order valence-corrected chi connectivity index (χ2v) is 7.35. The average molecular weight is 395 g/mol. The highest BCUT2D eigenvalue weighted by atomic mass is 35.5. The fourth-order valence-electron chi connectivity index (χ4n) is 2.66. The van der Waals surface area contributed by atoms with Crippen molar-refractivity contribution in [3.63, 3.8) is 0 Å². The lowest BCUT2D eigenvalue weighted by molar-refractivity contribution is -0.117. The minimum Gasteiger partial charge on any atom is -0.324 e. The molecule has 25 heavy (non-hydrogen) atoms. The number of nitrogens with zero attached hydrogens (tertiary/aromatic N) is 1. The van der Waals surface area contributed by atoms with Crippen LogP contribution in [0.15, 0.2) is 47.4 Å². The van der Waals surface area contributed by atoms with E-state index >= 15 is 0 Å². The number of anilines is 2. The van der Waals surface area contributed by atoms with Crippen molar-refractivity contribution in [3.05, 3.63) is 52.5 Å². The van der Waals surface area contributed by atoms with E-state index in [4.69, 9.17) is 23.2 Å². The van der Waals surface area contributed by atoms with E-state index in [1.165, 1.54) is 11.8 Å². The first-order valence-electron chi connectivity index (χ1n) is 7.82. The Morgan fingerprint density at radius 1 is 1.12 bits per heavy atom. The van der Waals surface area contributed by atoms with E-state index in [1.54, 1.807) is 29.2 Å². The lowest BCUT2D eigenvalue weighted by Crippen LogP contribution is -2.25. The van der Waals surface area contributed by atoms with E-state index in [2.05, 4.69) is 5.32 Å². The zero-order chi connectivity index (χ0) is 17.8. The molecule has 1 N–H and O–H groups in total. The van der Waals surface area contributed by atoms with Crippen LogP contribution in [0.25, 0.3) is 0 Å². The Kier molecular flexibility index (Phi) is 5.89. The summed E-state index contributed by atoms with van der Waals surface area (Å²) in [4.78, 5) is 26.7. The number of para-hydroxylation sites is 2. The molecule has 3 rings (SSSR count). The van der Waals surface area contributed by atoms with Gasteiger partial charge in [0.1, 0.15) is 0 Å². The maximum atomic E-state index is 12.3. The van der Waals surface area contributed by atoms with Gasteiger partial charge in [-0.25, -0.2) is 0 Å². The highest BCUT2D eigenvalue weighted by Gasteiger charge is 2.24. The van der Waals surface area contributed by atoms with E-state index in [1.807, 2.05) is 18.2 Å². The number of benzene rings is 2. The van der Waals surface area contributed by atoms with Gasteiger partial charge in [0.2, 0.25) is 11.8 Å². The van der Waals surface area contributed by atoms with Crippen LogP contribution >= 0.6 is 35.0 Å². The number of halogens is 2. The molecule has 0 unspecified atom stereocenters. The summed E-state index contributed by atoms with van der Waals surface area (Å²) >= 11 is 13.5. The molecule has 0 radical (unpaired) electrons. The molecular formula is C18H16Cl2N2O2S. The fraction of sp³-hybridized carbons (Fsp3) is 0.222. The second kappa shape index (κ2) is 8.13. The SMILES string of the molecule is O=C(CSc1c(Cl)cccc1Cl)Nc1ccccc1N1CCCC1=O. The molecule has 7 heteroatoms. The summed E-state index contributed by atoms with van der Waals surface area (Å²) < 4.78 is 0. The fourth-order valence-corrected chi connectivity index (χ4v) is 4.15. The normalized spacial score (nSPS) is 14.0. The average Bonchev–Trinajstić information content (AvgIpc) is 3.01. The minimum absolute atomic E-state index is 0.0823. The van der Waals surface area contributed by atoms with Gasteiger partial charge < -0.3 is 10.2 Å². The van der Waals surface area contributed by atoms with Gasteiger partial charge in [-0.05, 0) is 30.7 Å².